The third kappa shape index (κ3) is 4.33. The van der Waals surface area contributed by atoms with Crippen molar-refractivity contribution in [2.45, 2.75) is 91.4 Å². The first-order valence-corrected chi connectivity index (χ1v) is 15.5. The number of rotatable bonds is 8. The van der Waals surface area contributed by atoms with Crippen LogP contribution in [0, 0.1) is 40.9 Å². The molecule has 7 aliphatic rings. The van der Waals surface area contributed by atoms with Crippen LogP contribution in [0.5, 0.6) is 0 Å². The van der Waals surface area contributed by atoms with Gasteiger partial charge in [-0.1, -0.05) is 33.3 Å². The number of carbonyl (C=O) groups excluding carboxylic acids is 2. The van der Waals surface area contributed by atoms with Gasteiger partial charge in [-0.15, -0.1) is 0 Å². The van der Waals surface area contributed by atoms with Crippen LogP contribution in [0.4, 0.5) is 0 Å². The second kappa shape index (κ2) is 10.4. The molecular formula is C33H45NO4. The summed E-state index contributed by atoms with van der Waals surface area (Å²) in [4.78, 5) is 26.8. The summed E-state index contributed by atoms with van der Waals surface area (Å²) >= 11 is 0. The molecule has 0 aromatic rings. The van der Waals surface area contributed by atoms with Gasteiger partial charge in [0.2, 0.25) is 0 Å². The van der Waals surface area contributed by atoms with E-state index in [4.69, 9.17) is 9.47 Å². The zero-order valence-corrected chi connectivity index (χ0v) is 23.5. The van der Waals surface area contributed by atoms with Crippen LogP contribution in [-0.4, -0.2) is 25.0 Å². The van der Waals surface area contributed by atoms with Gasteiger partial charge in [0.15, 0.2) is 0 Å². The predicted octanol–water partition coefficient (Wildman–Crippen LogP) is 6.77. The van der Waals surface area contributed by atoms with Gasteiger partial charge in [-0.05, 0) is 119 Å². The van der Waals surface area contributed by atoms with Gasteiger partial charge < -0.3 is 14.8 Å². The van der Waals surface area contributed by atoms with E-state index in [0.29, 0.717) is 23.7 Å². The molecule has 1 saturated carbocycles. The van der Waals surface area contributed by atoms with E-state index in [1.54, 1.807) is 0 Å². The van der Waals surface area contributed by atoms with Crippen molar-refractivity contribution in [2.75, 3.05) is 13.1 Å². The molecule has 3 fully saturated rings. The van der Waals surface area contributed by atoms with Crippen molar-refractivity contribution in [1.29, 1.82) is 0 Å². The smallest absolute Gasteiger partial charge is 0.340 e. The number of piperidine rings is 1. The van der Waals surface area contributed by atoms with Gasteiger partial charge in [-0.3, -0.25) is 0 Å². The van der Waals surface area contributed by atoms with E-state index in [-0.39, 0.29) is 17.9 Å². The van der Waals surface area contributed by atoms with Crippen molar-refractivity contribution in [3.05, 3.63) is 46.5 Å². The van der Waals surface area contributed by atoms with E-state index >= 15 is 0 Å². The minimum absolute atomic E-state index is 0.00637. The van der Waals surface area contributed by atoms with Crippen molar-refractivity contribution in [3.8, 4) is 0 Å². The Bertz CT molecular complexity index is 1100. The molecule has 5 heteroatoms. The van der Waals surface area contributed by atoms with Gasteiger partial charge in [0, 0.05) is 22.6 Å². The van der Waals surface area contributed by atoms with E-state index in [0.717, 1.165) is 105 Å². The van der Waals surface area contributed by atoms with Gasteiger partial charge in [0.05, 0.1) is 5.41 Å². The van der Waals surface area contributed by atoms with Gasteiger partial charge in [0.1, 0.15) is 11.5 Å². The van der Waals surface area contributed by atoms with Crippen LogP contribution in [0.25, 0.3) is 0 Å². The lowest BCUT2D eigenvalue weighted by Gasteiger charge is -2.54. The van der Waals surface area contributed by atoms with E-state index < -0.39 is 5.41 Å². The van der Waals surface area contributed by atoms with Crippen molar-refractivity contribution >= 4 is 11.9 Å². The number of esters is 2. The monoisotopic (exact) mass is 519 g/mol. The average Bonchev–Trinajstić information content (AvgIpc) is 3.40. The Kier molecular flexibility index (Phi) is 7.17. The number of allylic oxidation sites excluding steroid dienone is 5. The Hall–Kier alpha value is -2.14. The number of hydrogen-bond donors (Lipinski definition) is 1. The average molecular weight is 520 g/mol. The van der Waals surface area contributed by atoms with Crippen LogP contribution >= 0.6 is 0 Å². The predicted molar refractivity (Wildman–Crippen MR) is 148 cm³/mol. The first-order chi connectivity index (χ1) is 18.4. The molecule has 5 atom stereocenters. The highest BCUT2D eigenvalue weighted by molar-refractivity contribution is 5.99. The molecule has 1 N–H and O–H groups in total. The lowest BCUT2D eigenvalue weighted by molar-refractivity contribution is -0.135. The Morgan fingerprint density at radius 3 is 2.66 bits per heavy atom. The SMILES string of the molecule is CC[C@H](/C=C1\OC(=O)C2=C[C@@H]3CC[C@@]21[C@H]1C2=C(CC[C@@H]31)C(=CCCC1CCNCC1)OC2=O)CCC(C)C. The topological polar surface area (TPSA) is 64.6 Å². The molecule has 206 valence electrons. The molecule has 4 aliphatic carbocycles. The number of nitrogens with one attached hydrogen (secondary N) is 1. The first kappa shape index (κ1) is 26.1. The van der Waals surface area contributed by atoms with Crippen LogP contribution in [-0.2, 0) is 19.1 Å². The van der Waals surface area contributed by atoms with Gasteiger partial charge in [-0.25, -0.2) is 9.59 Å². The molecule has 1 spiro atoms. The van der Waals surface area contributed by atoms with E-state index in [1.807, 2.05) is 0 Å². The lowest BCUT2D eigenvalue weighted by Crippen LogP contribution is -2.50. The molecule has 0 amide bonds. The summed E-state index contributed by atoms with van der Waals surface area (Å²) < 4.78 is 12.1. The fourth-order valence-corrected chi connectivity index (χ4v) is 8.49. The normalized spacial score (nSPS) is 35.4. The fraction of sp³-hybridized carbons (Fsp3) is 0.697. The summed E-state index contributed by atoms with van der Waals surface area (Å²) in [6, 6.07) is 0. The van der Waals surface area contributed by atoms with Gasteiger partial charge in [-0.2, -0.15) is 0 Å². The number of cyclic esters (lactones) is 2. The van der Waals surface area contributed by atoms with Crippen molar-refractivity contribution in [2.24, 2.45) is 40.9 Å². The molecule has 0 aromatic carbocycles. The first-order valence-electron chi connectivity index (χ1n) is 15.5. The highest BCUT2D eigenvalue weighted by Gasteiger charge is 2.66. The summed E-state index contributed by atoms with van der Waals surface area (Å²) in [6.45, 7) is 8.98. The third-order valence-electron chi connectivity index (χ3n) is 10.6. The van der Waals surface area contributed by atoms with Gasteiger partial charge >= 0.3 is 11.9 Å². The summed E-state index contributed by atoms with van der Waals surface area (Å²) in [5.41, 5.74) is 2.31. The second-order valence-electron chi connectivity index (χ2n) is 13.1. The molecule has 2 bridgehead atoms. The number of hydrogen-bond acceptors (Lipinski definition) is 5. The molecular weight excluding hydrogens is 474 g/mol. The Balaban J connectivity index is 1.34. The molecule has 0 aromatic heterocycles. The maximum atomic E-state index is 13.6. The highest BCUT2D eigenvalue weighted by Crippen LogP contribution is 2.68. The molecule has 0 radical (unpaired) electrons. The molecule has 2 saturated heterocycles. The number of fused-ring (bicyclic) bond motifs is 1. The van der Waals surface area contributed by atoms with E-state index in [2.05, 4.69) is 44.3 Å². The molecule has 38 heavy (non-hydrogen) atoms. The Morgan fingerprint density at radius 1 is 1.08 bits per heavy atom. The summed E-state index contributed by atoms with van der Waals surface area (Å²) in [7, 11) is 0. The quantitative estimate of drug-likeness (QED) is 0.359. The Labute approximate surface area is 228 Å². The molecule has 5 nitrogen and oxygen atoms in total. The lowest BCUT2D eigenvalue weighted by atomic mass is 9.46. The third-order valence-corrected chi connectivity index (χ3v) is 10.6. The fourth-order valence-electron chi connectivity index (χ4n) is 8.49. The van der Waals surface area contributed by atoms with Crippen LogP contribution in [0.1, 0.15) is 91.4 Å². The van der Waals surface area contributed by atoms with E-state index in [9.17, 15) is 9.59 Å². The number of carbonyl (C=O) groups is 2. The molecule has 3 aliphatic heterocycles. The molecule has 7 rings (SSSR count). The number of ether oxygens (including phenoxy) is 2. The van der Waals surface area contributed by atoms with E-state index in [1.165, 1.54) is 12.8 Å². The van der Waals surface area contributed by atoms with Crippen LogP contribution in [0.15, 0.2) is 46.5 Å². The largest absolute Gasteiger partial charge is 0.427 e. The van der Waals surface area contributed by atoms with Crippen LogP contribution in [0.3, 0.4) is 0 Å². The van der Waals surface area contributed by atoms with Crippen LogP contribution in [0.2, 0.25) is 0 Å². The zero-order chi connectivity index (χ0) is 26.4. The maximum absolute atomic E-state index is 13.6. The van der Waals surface area contributed by atoms with Gasteiger partial charge in [0.25, 0.3) is 0 Å². The maximum Gasteiger partial charge on any atom is 0.340 e. The minimum Gasteiger partial charge on any atom is -0.427 e. The summed E-state index contributed by atoms with van der Waals surface area (Å²) in [5, 5.41) is 3.44. The minimum atomic E-state index is -0.494. The van der Waals surface area contributed by atoms with Crippen molar-refractivity contribution in [3.63, 3.8) is 0 Å². The summed E-state index contributed by atoms with van der Waals surface area (Å²) in [5.74, 6) is 3.79. The van der Waals surface area contributed by atoms with Crippen molar-refractivity contribution in [1.82, 2.24) is 5.32 Å². The zero-order valence-electron chi connectivity index (χ0n) is 23.5. The molecule has 0 unspecified atom stereocenters. The summed E-state index contributed by atoms with van der Waals surface area (Å²) in [6.07, 6.45) is 18.5. The standard InChI is InChI=1S/C33H45NO4/c1-4-21(9-8-20(2)3)18-28-33-15-12-23(19-26(33)31(35)38-28)24-10-11-25-27(37-32(36)29(25)30(24)33)7-5-6-22-13-16-34-17-14-22/h7,18-24,30,34H,4-6,8-17H2,1-3H3/b27-7?,28-18-/t21-,23-,24-,30+,33+/m0/s1. The highest BCUT2D eigenvalue weighted by atomic mass is 16.5. The van der Waals surface area contributed by atoms with Crippen LogP contribution < -0.4 is 5.32 Å². The van der Waals surface area contributed by atoms with Crippen molar-refractivity contribution < 1.29 is 19.1 Å². The Morgan fingerprint density at radius 2 is 1.89 bits per heavy atom. The second-order valence-corrected chi connectivity index (χ2v) is 13.1. The molecule has 3 heterocycles.